The van der Waals surface area contributed by atoms with Gasteiger partial charge in [0.05, 0.1) is 23.1 Å². The molecule has 3 aromatic carbocycles. The summed E-state index contributed by atoms with van der Waals surface area (Å²) in [6.07, 6.45) is 0. The van der Waals surface area contributed by atoms with E-state index in [9.17, 15) is 29.9 Å². The lowest BCUT2D eigenvalue weighted by atomic mass is 9.94. The molecule has 1 saturated heterocycles. The summed E-state index contributed by atoms with van der Waals surface area (Å²) >= 11 is 6.10. The van der Waals surface area contributed by atoms with Crippen LogP contribution in [0.15, 0.2) is 66.2 Å². The van der Waals surface area contributed by atoms with E-state index in [1.54, 1.807) is 32.0 Å². The van der Waals surface area contributed by atoms with Crippen LogP contribution in [0.2, 0.25) is 5.02 Å². The molecule has 4 rings (SSSR count). The minimum absolute atomic E-state index is 0.125. The molecule has 36 heavy (non-hydrogen) atoms. The first-order chi connectivity index (χ1) is 17.1. The fraction of sp³-hybridized carbons (Fsp3) is 0.154. The molecule has 2 N–H and O–H groups in total. The van der Waals surface area contributed by atoms with E-state index in [2.05, 4.69) is 0 Å². The van der Waals surface area contributed by atoms with Gasteiger partial charge in [-0.3, -0.25) is 24.6 Å². The molecule has 1 aliphatic heterocycles. The lowest BCUT2D eigenvalue weighted by Gasteiger charge is -2.27. The van der Waals surface area contributed by atoms with Crippen molar-refractivity contribution in [1.29, 1.82) is 0 Å². The Morgan fingerprint density at radius 2 is 1.81 bits per heavy atom. The molecule has 0 aromatic heterocycles. The molecule has 184 valence electrons. The number of Topliss-reactive ketones (excluding diaryl/α,β-unsaturated/α-hetero) is 1. The molecular formula is C26H21ClN2O7. The van der Waals surface area contributed by atoms with Crippen LogP contribution in [-0.2, 0) is 9.59 Å². The van der Waals surface area contributed by atoms with Crippen molar-refractivity contribution in [3.63, 3.8) is 0 Å². The normalized spacial score (nSPS) is 16.9. The number of ketones is 1. The molecule has 1 unspecified atom stereocenters. The number of aliphatic hydroxyl groups excluding tert-OH is 1. The second-order valence-corrected chi connectivity index (χ2v) is 8.50. The average molecular weight is 509 g/mol. The number of benzene rings is 3. The van der Waals surface area contributed by atoms with Crippen molar-refractivity contribution in [3.05, 3.63) is 98.1 Å². The van der Waals surface area contributed by atoms with Gasteiger partial charge in [-0.1, -0.05) is 17.7 Å². The molecule has 9 nitrogen and oxygen atoms in total. The molecular weight excluding hydrogens is 488 g/mol. The van der Waals surface area contributed by atoms with Crippen LogP contribution in [0.1, 0.15) is 29.7 Å². The van der Waals surface area contributed by atoms with Crippen molar-refractivity contribution < 1.29 is 29.5 Å². The van der Waals surface area contributed by atoms with Crippen LogP contribution in [0.4, 0.5) is 11.4 Å². The van der Waals surface area contributed by atoms with Gasteiger partial charge in [-0.2, -0.15) is 0 Å². The quantitative estimate of drug-likeness (QED) is 0.152. The molecule has 0 aliphatic carbocycles. The lowest BCUT2D eigenvalue weighted by molar-refractivity contribution is -0.384. The van der Waals surface area contributed by atoms with Gasteiger partial charge >= 0.3 is 0 Å². The third-order valence-electron chi connectivity index (χ3n) is 5.81. The van der Waals surface area contributed by atoms with Crippen molar-refractivity contribution in [2.45, 2.75) is 19.9 Å². The summed E-state index contributed by atoms with van der Waals surface area (Å²) in [6.45, 7) is 3.73. The maximum Gasteiger partial charge on any atom is 0.300 e. The maximum atomic E-state index is 13.3. The number of ether oxygens (including phenoxy) is 1. The second kappa shape index (κ2) is 9.71. The number of amides is 1. The number of carbonyl (C=O) groups is 2. The van der Waals surface area contributed by atoms with E-state index in [0.717, 1.165) is 0 Å². The van der Waals surface area contributed by atoms with E-state index >= 15 is 0 Å². The third kappa shape index (κ3) is 4.36. The average Bonchev–Trinajstić information content (AvgIpc) is 3.10. The number of hydrogen-bond donors (Lipinski definition) is 2. The zero-order chi connectivity index (χ0) is 26.1. The smallest absolute Gasteiger partial charge is 0.300 e. The Kier molecular flexibility index (Phi) is 6.67. The van der Waals surface area contributed by atoms with Gasteiger partial charge in [0.1, 0.15) is 5.76 Å². The molecule has 1 aliphatic rings. The summed E-state index contributed by atoms with van der Waals surface area (Å²) in [5.74, 6) is -2.29. The molecule has 1 heterocycles. The van der Waals surface area contributed by atoms with Crippen LogP contribution in [-0.4, -0.2) is 33.4 Å². The zero-order valence-corrected chi connectivity index (χ0v) is 20.0. The van der Waals surface area contributed by atoms with Crippen LogP contribution in [0.25, 0.3) is 5.76 Å². The van der Waals surface area contributed by atoms with Gasteiger partial charge < -0.3 is 14.9 Å². The van der Waals surface area contributed by atoms with Gasteiger partial charge in [0.25, 0.3) is 17.4 Å². The third-order valence-corrected chi connectivity index (χ3v) is 6.05. The number of nitro groups is 1. The molecule has 0 bridgehead atoms. The summed E-state index contributed by atoms with van der Waals surface area (Å²) in [5.41, 5.74) is 1.14. The minimum atomic E-state index is -1.08. The van der Waals surface area contributed by atoms with Crippen molar-refractivity contribution in [2.24, 2.45) is 0 Å². The summed E-state index contributed by atoms with van der Waals surface area (Å²) in [5, 5.41) is 32.8. The first-order valence-electron chi connectivity index (χ1n) is 10.9. The van der Waals surface area contributed by atoms with E-state index in [-0.39, 0.29) is 34.9 Å². The van der Waals surface area contributed by atoms with E-state index in [1.807, 2.05) is 0 Å². The summed E-state index contributed by atoms with van der Waals surface area (Å²) in [6, 6.07) is 13.1. The van der Waals surface area contributed by atoms with Gasteiger partial charge in [-0.15, -0.1) is 0 Å². The Morgan fingerprint density at radius 1 is 1.11 bits per heavy atom. The fourth-order valence-electron chi connectivity index (χ4n) is 4.15. The number of halogens is 1. The maximum absolute atomic E-state index is 13.3. The Morgan fingerprint density at radius 3 is 2.42 bits per heavy atom. The SMILES string of the molecule is CCOc1cc(C2/C(=C(\O)c3ccc([N+](=O)[O-])cc3)C(=O)C(=O)N2c2ccc(Cl)cc2C)ccc1O. The van der Waals surface area contributed by atoms with Crippen LogP contribution in [0, 0.1) is 17.0 Å². The number of phenols is 1. The molecule has 3 aromatic rings. The van der Waals surface area contributed by atoms with Gasteiger partial charge in [0.2, 0.25) is 0 Å². The van der Waals surface area contributed by atoms with Crippen LogP contribution in [0.3, 0.4) is 0 Å². The first-order valence-corrected chi connectivity index (χ1v) is 11.3. The summed E-state index contributed by atoms with van der Waals surface area (Å²) in [7, 11) is 0. The number of phenolic OH excluding ortho intramolecular Hbond substituents is 1. The van der Waals surface area contributed by atoms with Crippen molar-refractivity contribution in [2.75, 3.05) is 11.5 Å². The van der Waals surface area contributed by atoms with Crippen molar-refractivity contribution >= 4 is 40.4 Å². The highest BCUT2D eigenvalue weighted by molar-refractivity contribution is 6.51. The molecule has 10 heteroatoms. The molecule has 1 fully saturated rings. The number of aromatic hydroxyl groups is 1. The van der Waals surface area contributed by atoms with Crippen molar-refractivity contribution in [3.8, 4) is 11.5 Å². The number of nitrogens with zero attached hydrogens (tertiary/aromatic N) is 2. The lowest BCUT2D eigenvalue weighted by Crippen LogP contribution is -2.30. The van der Waals surface area contributed by atoms with Crippen LogP contribution >= 0.6 is 11.6 Å². The topological polar surface area (TPSA) is 130 Å². The number of carbonyl (C=O) groups excluding carboxylic acids is 2. The molecule has 0 spiro atoms. The number of hydrogen-bond acceptors (Lipinski definition) is 7. The number of anilines is 1. The van der Waals surface area contributed by atoms with Crippen LogP contribution in [0.5, 0.6) is 11.5 Å². The van der Waals surface area contributed by atoms with E-state index in [4.69, 9.17) is 16.3 Å². The van der Waals surface area contributed by atoms with Gasteiger partial charge in [-0.25, -0.2) is 0 Å². The second-order valence-electron chi connectivity index (χ2n) is 8.06. The number of aliphatic hydroxyl groups is 1. The van der Waals surface area contributed by atoms with Gasteiger partial charge in [0, 0.05) is 28.4 Å². The highest BCUT2D eigenvalue weighted by Gasteiger charge is 2.47. The Hall–Kier alpha value is -4.37. The standard InChI is InChI=1S/C26H21ClN2O7/c1-3-36-21-13-16(6-11-20(21)30)23-22(24(31)15-4-8-18(9-5-15)29(34)35)25(32)26(33)28(23)19-10-7-17(27)12-14(19)2/h4-13,23,30-31H,3H2,1-2H3/b24-22+. The summed E-state index contributed by atoms with van der Waals surface area (Å²) < 4.78 is 5.49. The monoisotopic (exact) mass is 508 g/mol. The van der Waals surface area contributed by atoms with Crippen molar-refractivity contribution in [1.82, 2.24) is 0 Å². The van der Waals surface area contributed by atoms with E-state index in [0.29, 0.717) is 21.8 Å². The molecule has 1 amide bonds. The predicted octanol–water partition coefficient (Wildman–Crippen LogP) is 5.29. The number of non-ortho nitro benzene ring substituents is 1. The predicted molar refractivity (Wildman–Crippen MR) is 133 cm³/mol. The van der Waals surface area contributed by atoms with E-state index < -0.39 is 28.4 Å². The first kappa shape index (κ1) is 24.7. The van der Waals surface area contributed by atoms with Gasteiger partial charge in [-0.05, 0) is 67.4 Å². The van der Waals surface area contributed by atoms with Crippen LogP contribution < -0.4 is 9.64 Å². The Balaban J connectivity index is 1.96. The Labute approximate surface area is 211 Å². The molecule has 1 atom stereocenters. The molecule has 0 saturated carbocycles. The Bertz CT molecular complexity index is 1420. The molecule has 0 radical (unpaired) electrons. The number of nitro benzene ring substituents is 1. The number of aryl methyl sites for hydroxylation is 1. The highest BCUT2D eigenvalue weighted by Crippen LogP contribution is 2.45. The fourth-order valence-corrected chi connectivity index (χ4v) is 4.38. The summed E-state index contributed by atoms with van der Waals surface area (Å²) in [4.78, 5) is 38.3. The minimum Gasteiger partial charge on any atom is -0.507 e. The largest absolute Gasteiger partial charge is 0.507 e. The number of rotatable bonds is 6. The zero-order valence-electron chi connectivity index (χ0n) is 19.3. The van der Waals surface area contributed by atoms with E-state index in [1.165, 1.54) is 47.4 Å². The van der Waals surface area contributed by atoms with Gasteiger partial charge in [0.15, 0.2) is 11.5 Å². The highest BCUT2D eigenvalue weighted by atomic mass is 35.5.